The Morgan fingerprint density at radius 2 is 2.29 bits per heavy atom. The maximum atomic E-state index is 6.29. The first-order chi connectivity index (χ1) is 13.6. The molecule has 1 saturated heterocycles. The zero-order chi connectivity index (χ0) is 19.9. The summed E-state index contributed by atoms with van der Waals surface area (Å²) in [5, 5.41) is 8.79. The normalized spacial score (nSPS) is 17.2. The van der Waals surface area contributed by atoms with Crippen LogP contribution in [0.15, 0.2) is 23.3 Å². The Kier molecular flexibility index (Phi) is 7.50. The van der Waals surface area contributed by atoms with E-state index in [1.54, 1.807) is 17.5 Å². The molecule has 0 amide bonds. The third kappa shape index (κ3) is 5.35. The molecule has 0 aromatic carbocycles. The maximum Gasteiger partial charge on any atom is 0.191 e. The lowest BCUT2D eigenvalue weighted by Gasteiger charge is -2.20. The Hall–Kier alpha value is -1.86. The summed E-state index contributed by atoms with van der Waals surface area (Å²) in [4.78, 5) is 17.4. The van der Waals surface area contributed by atoms with E-state index in [1.807, 2.05) is 12.1 Å². The molecule has 6 nitrogen and oxygen atoms in total. The van der Waals surface area contributed by atoms with Crippen LogP contribution in [0.1, 0.15) is 35.8 Å². The SMILES string of the molecule is CCNC(=NCCc1nc(CC)c(C)s1)NC1CCN(c2ncccc2Cl)C1. The minimum Gasteiger partial charge on any atom is -0.357 e. The standard InChI is InChI=1S/C20H29ClN6S/c1-4-17-14(3)28-18(26-17)8-11-24-20(22-5-2)25-15-9-12-27(13-15)19-16(21)7-6-10-23-19/h6-7,10,15H,4-5,8-9,11-13H2,1-3H3,(H2,22,24,25). The molecule has 1 aliphatic heterocycles. The van der Waals surface area contributed by atoms with Crippen LogP contribution in [-0.4, -0.2) is 48.1 Å². The van der Waals surface area contributed by atoms with Gasteiger partial charge in [-0.1, -0.05) is 18.5 Å². The molecule has 0 radical (unpaired) electrons. The van der Waals surface area contributed by atoms with Crippen LogP contribution in [0.5, 0.6) is 0 Å². The Morgan fingerprint density at radius 1 is 1.43 bits per heavy atom. The van der Waals surface area contributed by atoms with Crippen LogP contribution in [0.4, 0.5) is 5.82 Å². The maximum absolute atomic E-state index is 6.29. The predicted molar refractivity (Wildman–Crippen MR) is 119 cm³/mol. The molecular formula is C20H29ClN6S. The second-order valence-electron chi connectivity index (χ2n) is 6.86. The van der Waals surface area contributed by atoms with Gasteiger partial charge in [-0.2, -0.15) is 0 Å². The molecule has 3 rings (SSSR count). The molecule has 0 aliphatic carbocycles. The van der Waals surface area contributed by atoms with E-state index in [-0.39, 0.29) is 0 Å². The van der Waals surface area contributed by atoms with Crippen molar-refractivity contribution in [2.24, 2.45) is 4.99 Å². The monoisotopic (exact) mass is 420 g/mol. The van der Waals surface area contributed by atoms with E-state index in [0.29, 0.717) is 11.1 Å². The smallest absolute Gasteiger partial charge is 0.191 e. The fourth-order valence-corrected chi connectivity index (χ4v) is 4.63. The molecule has 8 heteroatoms. The molecule has 28 heavy (non-hydrogen) atoms. The van der Waals surface area contributed by atoms with Gasteiger partial charge in [0.05, 0.1) is 15.7 Å². The summed E-state index contributed by atoms with van der Waals surface area (Å²) in [6, 6.07) is 4.08. The highest BCUT2D eigenvalue weighted by Crippen LogP contribution is 2.25. The number of hydrogen-bond donors (Lipinski definition) is 2. The average Bonchev–Trinajstić information content (AvgIpc) is 3.28. The number of halogens is 1. The lowest BCUT2D eigenvalue weighted by Crippen LogP contribution is -2.44. The average molecular weight is 421 g/mol. The number of anilines is 1. The van der Waals surface area contributed by atoms with Crippen LogP contribution in [-0.2, 0) is 12.8 Å². The zero-order valence-electron chi connectivity index (χ0n) is 16.8. The van der Waals surface area contributed by atoms with E-state index in [9.17, 15) is 0 Å². The van der Waals surface area contributed by atoms with Crippen molar-refractivity contribution < 1.29 is 0 Å². The van der Waals surface area contributed by atoms with E-state index in [4.69, 9.17) is 21.6 Å². The van der Waals surface area contributed by atoms with E-state index in [0.717, 1.165) is 57.2 Å². The molecule has 1 unspecified atom stereocenters. The number of nitrogens with one attached hydrogen (secondary N) is 2. The number of hydrogen-bond acceptors (Lipinski definition) is 5. The van der Waals surface area contributed by atoms with Gasteiger partial charge in [0.1, 0.15) is 5.82 Å². The van der Waals surface area contributed by atoms with Crippen molar-refractivity contribution in [3.63, 3.8) is 0 Å². The van der Waals surface area contributed by atoms with Crippen molar-refractivity contribution in [1.29, 1.82) is 0 Å². The number of pyridine rings is 1. The summed E-state index contributed by atoms with van der Waals surface area (Å²) in [5.41, 5.74) is 1.22. The van der Waals surface area contributed by atoms with Gasteiger partial charge in [0.25, 0.3) is 0 Å². The molecule has 1 aliphatic rings. The van der Waals surface area contributed by atoms with Gasteiger partial charge in [0.2, 0.25) is 0 Å². The van der Waals surface area contributed by atoms with Gasteiger partial charge in [-0.3, -0.25) is 4.99 Å². The molecule has 1 fully saturated rings. The molecule has 152 valence electrons. The fourth-order valence-electron chi connectivity index (χ4n) is 3.38. The Bertz CT molecular complexity index is 806. The second kappa shape index (κ2) is 10.1. The summed E-state index contributed by atoms with van der Waals surface area (Å²) in [7, 11) is 0. The first kappa shape index (κ1) is 20.9. The molecule has 2 aromatic rings. The Morgan fingerprint density at radius 3 is 3.00 bits per heavy atom. The van der Waals surface area contributed by atoms with Gasteiger partial charge in [0, 0.05) is 49.7 Å². The summed E-state index contributed by atoms with van der Waals surface area (Å²) >= 11 is 8.08. The molecule has 0 spiro atoms. The summed E-state index contributed by atoms with van der Waals surface area (Å²) < 4.78 is 0. The Balaban J connectivity index is 1.55. The molecule has 1 atom stereocenters. The van der Waals surface area contributed by atoms with Crippen molar-refractivity contribution in [3.8, 4) is 0 Å². The Labute approximate surface area is 176 Å². The summed E-state index contributed by atoms with van der Waals surface area (Å²) in [5.74, 6) is 1.73. The van der Waals surface area contributed by atoms with Crippen molar-refractivity contribution >= 4 is 34.7 Å². The number of rotatable bonds is 7. The van der Waals surface area contributed by atoms with Crippen LogP contribution in [0.25, 0.3) is 0 Å². The van der Waals surface area contributed by atoms with Gasteiger partial charge < -0.3 is 15.5 Å². The topological polar surface area (TPSA) is 65.4 Å². The number of aliphatic imine (C=N–C) groups is 1. The van der Waals surface area contributed by atoms with E-state index >= 15 is 0 Å². The zero-order valence-corrected chi connectivity index (χ0v) is 18.4. The number of thiazole rings is 1. The van der Waals surface area contributed by atoms with Gasteiger partial charge >= 0.3 is 0 Å². The van der Waals surface area contributed by atoms with E-state index in [2.05, 4.69) is 41.3 Å². The highest BCUT2D eigenvalue weighted by Gasteiger charge is 2.25. The van der Waals surface area contributed by atoms with E-state index in [1.165, 1.54) is 15.6 Å². The van der Waals surface area contributed by atoms with Gasteiger partial charge in [-0.15, -0.1) is 11.3 Å². The van der Waals surface area contributed by atoms with Crippen molar-refractivity contribution in [3.05, 3.63) is 38.9 Å². The highest BCUT2D eigenvalue weighted by atomic mass is 35.5. The second-order valence-corrected chi connectivity index (χ2v) is 8.55. The lowest BCUT2D eigenvalue weighted by molar-refractivity contribution is 0.648. The van der Waals surface area contributed by atoms with Crippen LogP contribution in [0, 0.1) is 6.92 Å². The molecule has 3 heterocycles. The summed E-state index contributed by atoms with van der Waals surface area (Å²) in [6.07, 6.45) is 4.69. The largest absolute Gasteiger partial charge is 0.357 e. The molecule has 2 aromatic heterocycles. The fraction of sp³-hybridized carbons (Fsp3) is 0.550. The third-order valence-corrected chi connectivity index (χ3v) is 6.15. The lowest BCUT2D eigenvalue weighted by atomic mass is 10.3. The molecular weight excluding hydrogens is 392 g/mol. The van der Waals surface area contributed by atoms with Crippen LogP contribution in [0.2, 0.25) is 5.02 Å². The van der Waals surface area contributed by atoms with Crippen LogP contribution in [0.3, 0.4) is 0 Å². The summed E-state index contributed by atoms with van der Waals surface area (Å²) in [6.45, 7) is 9.76. The highest BCUT2D eigenvalue weighted by molar-refractivity contribution is 7.11. The predicted octanol–water partition coefficient (Wildman–Crippen LogP) is 3.44. The minimum absolute atomic E-state index is 0.324. The quantitative estimate of drug-likeness (QED) is 0.530. The van der Waals surface area contributed by atoms with E-state index < -0.39 is 0 Å². The van der Waals surface area contributed by atoms with Crippen molar-refractivity contribution in [2.45, 2.75) is 46.1 Å². The number of aromatic nitrogens is 2. The van der Waals surface area contributed by atoms with Crippen LogP contribution < -0.4 is 15.5 Å². The number of aryl methyl sites for hydroxylation is 2. The molecule has 2 N–H and O–H groups in total. The number of nitrogens with zero attached hydrogens (tertiary/aromatic N) is 4. The molecule has 0 bridgehead atoms. The van der Waals surface area contributed by atoms with Crippen LogP contribution >= 0.6 is 22.9 Å². The van der Waals surface area contributed by atoms with Gasteiger partial charge in [0.15, 0.2) is 5.96 Å². The third-order valence-electron chi connectivity index (χ3n) is 4.78. The molecule has 0 saturated carbocycles. The first-order valence-electron chi connectivity index (χ1n) is 9.96. The number of guanidine groups is 1. The van der Waals surface area contributed by atoms with Crippen molar-refractivity contribution in [2.75, 3.05) is 31.1 Å². The first-order valence-corrected chi connectivity index (χ1v) is 11.2. The minimum atomic E-state index is 0.324. The van der Waals surface area contributed by atoms with Crippen molar-refractivity contribution in [1.82, 2.24) is 20.6 Å². The van der Waals surface area contributed by atoms with Gasteiger partial charge in [-0.25, -0.2) is 9.97 Å². The van der Waals surface area contributed by atoms with Gasteiger partial charge in [-0.05, 0) is 38.8 Å².